The van der Waals surface area contributed by atoms with Crippen LogP contribution in [0.1, 0.15) is 53.6 Å². The number of halogens is 1. The zero-order valence-corrected chi connectivity index (χ0v) is 18.8. The number of primary amides is 1. The highest BCUT2D eigenvalue weighted by atomic mass is 35.5. The summed E-state index contributed by atoms with van der Waals surface area (Å²) in [5, 5.41) is 3.97. The molecule has 1 aliphatic carbocycles. The number of carbonyl (C=O) groups excluding carboxylic acids is 2. The summed E-state index contributed by atoms with van der Waals surface area (Å²) in [6.07, 6.45) is 2.72. The molecule has 156 valence electrons. The third-order valence-electron chi connectivity index (χ3n) is 5.49. The molecule has 3 N–H and O–H groups in total. The van der Waals surface area contributed by atoms with Crippen molar-refractivity contribution in [3.63, 3.8) is 0 Å². The van der Waals surface area contributed by atoms with Crippen LogP contribution >= 0.6 is 22.9 Å². The minimum Gasteiger partial charge on any atom is -0.483 e. The van der Waals surface area contributed by atoms with Gasteiger partial charge in [-0.3, -0.25) is 9.59 Å². The fraction of sp³-hybridized carbons (Fsp3) is 0.455. The zero-order chi connectivity index (χ0) is 21.3. The Morgan fingerprint density at radius 2 is 2.07 bits per heavy atom. The minimum atomic E-state index is -0.499. The van der Waals surface area contributed by atoms with Crippen molar-refractivity contribution in [1.29, 1.82) is 0 Å². The van der Waals surface area contributed by atoms with Crippen molar-refractivity contribution in [1.82, 2.24) is 0 Å². The molecule has 1 aromatic heterocycles. The first-order valence-corrected chi connectivity index (χ1v) is 10.9. The zero-order valence-electron chi connectivity index (χ0n) is 17.2. The number of benzene rings is 1. The van der Waals surface area contributed by atoms with Crippen molar-refractivity contribution in [2.24, 2.45) is 17.1 Å². The van der Waals surface area contributed by atoms with Crippen LogP contribution in [0.4, 0.5) is 5.00 Å². The molecule has 1 atom stereocenters. The normalized spacial score (nSPS) is 16.2. The van der Waals surface area contributed by atoms with Gasteiger partial charge in [0.1, 0.15) is 10.8 Å². The number of anilines is 1. The van der Waals surface area contributed by atoms with Gasteiger partial charge in [0.05, 0.1) is 5.56 Å². The number of nitrogens with two attached hydrogens (primary N) is 1. The van der Waals surface area contributed by atoms with Crippen molar-refractivity contribution >= 4 is 39.8 Å². The van der Waals surface area contributed by atoms with Crippen LogP contribution in [0.15, 0.2) is 18.2 Å². The van der Waals surface area contributed by atoms with Gasteiger partial charge in [-0.1, -0.05) is 32.4 Å². The number of hydrogen-bond donors (Lipinski definition) is 2. The van der Waals surface area contributed by atoms with E-state index in [2.05, 4.69) is 26.1 Å². The fourth-order valence-electron chi connectivity index (χ4n) is 3.75. The minimum absolute atomic E-state index is 0.159. The highest BCUT2D eigenvalue weighted by Gasteiger charge is 2.33. The van der Waals surface area contributed by atoms with E-state index in [-0.39, 0.29) is 17.9 Å². The van der Waals surface area contributed by atoms with E-state index in [0.29, 0.717) is 27.3 Å². The lowest BCUT2D eigenvalue weighted by atomic mass is 9.72. The highest BCUT2D eigenvalue weighted by Crippen LogP contribution is 2.44. The largest absolute Gasteiger partial charge is 0.483 e. The third kappa shape index (κ3) is 4.93. The molecule has 2 amide bonds. The number of fused-ring (bicyclic) bond motifs is 1. The first kappa shape index (κ1) is 21.7. The van der Waals surface area contributed by atoms with Crippen molar-refractivity contribution in [2.75, 3.05) is 11.9 Å². The maximum atomic E-state index is 12.5. The molecular formula is C22H27ClN2O3S. The van der Waals surface area contributed by atoms with E-state index in [1.807, 2.05) is 6.92 Å². The number of amides is 2. The van der Waals surface area contributed by atoms with Crippen LogP contribution in [0.3, 0.4) is 0 Å². The van der Waals surface area contributed by atoms with E-state index in [9.17, 15) is 9.59 Å². The summed E-state index contributed by atoms with van der Waals surface area (Å²) in [7, 11) is 0. The molecule has 29 heavy (non-hydrogen) atoms. The molecule has 0 spiro atoms. The molecule has 0 saturated carbocycles. The Morgan fingerprint density at radius 1 is 1.34 bits per heavy atom. The summed E-state index contributed by atoms with van der Waals surface area (Å²) in [6, 6.07) is 5.22. The summed E-state index contributed by atoms with van der Waals surface area (Å²) in [6.45, 7) is 8.43. The van der Waals surface area contributed by atoms with Gasteiger partial charge in [0.15, 0.2) is 6.61 Å². The summed E-state index contributed by atoms with van der Waals surface area (Å²) < 4.78 is 5.61. The second-order valence-corrected chi connectivity index (χ2v) is 10.2. The summed E-state index contributed by atoms with van der Waals surface area (Å²) >= 11 is 7.40. The van der Waals surface area contributed by atoms with Crippen molar-refractivity contribution in [2.45, 2.75) is 47.0 Å². The number of rotatable bonds is 5. The van der Waals surface area contributed by atoms with E-state index in [1.54, 1.807) is 18.2 Å². The van der Waals surface area contributed by atoms with Gasteiger partial charge in [-0.25, -0.2) is 0 Å². The molecule has 0 saturated heterocycles. The molecule has 2 aromatic rings. The highest BCUT2D eigenvalue weighted by molar-refractivity contribution is 7.17. The number of aryl methyl sites for hydroxylation is 1. The average molecular weight is 435 g/mol. The van der Waals surface area contributed by atoms with Gasteiger partial charge < -0.3 is 15.8 Å². The Kier molecular flexibility index (Phi) is 6.24. The van der Waals surface area contributed by atoms with Crippen LogP contribution in [0.5, 0.6) is 5.75 Å². The Bertz CT molecular complexity index is 946. The van der Waals surface area contributed by atoms with Gasteiger partial charge >= 0.3 is 0 Å². The van der Waals surface area contributed by atoms with E-state index >= 15 is 0 Å². The quantitative estimate of drug-likeness (QED) is 0.696. The smallest absolute Gasteiger partial charge is 0.262 e. The lowest BCUT2D eigenvalue weighted by Gasteiger charge is -2.33. The lowest BCUT2D eigenvalue weighted by molar-refractivity contribution is -0.118. The van der Waals surface area contributed by atoms with Gasteiger partial charge in [0.25, 0.3) is 11.8 Å². The molecule has 1 aliphatic rings. The second-order valence-electron chi connectivity index (χ2n) is 8.62. The van der Waals surface area contributed by atoms with Crippen LogP contribution in [-0.4, -0.2) is 18.4 Å². The predicted molar refractivity (Wildman–Crippen MR) is 118 cm³/mol. The van der Waals surface area contributed by atoms with Gasteiger partial charge in [-0.05, 0) is 66.8 Å². The van der Waals surface area contributed by atoms with E-state index in [1.165, 1.54) is 11.3 Å². The maximum absolute atomic E-state index is 12.5. The SMILES string of the molecule is Cc1cc(Cl)ccc1OCC(=O)Nc1sc2c(c1C(N)=O)CCC(C(C)(C)C)C2. The molecule has 7 heteroatoms. The van der Waals surface area contributed by atoms with Gasteiger partial charge in [0.2, 0.25) is 0 Å². The Labute approximate surface area is 180 Å². The van der Waals surface area contributed by atoms with Gasteiger partial charge in [0, 0.05) is 9.90 Å². The topological polar surface area (TPSA) is 81.4 Å². The van der Waals surface area contributed by atoms with Crippen molar-refractivity contribution in [3.8, 4) is 5.75 Å². The lowest BCUT2D eigenvalue weighted by Crippen LogP contribution is -2.27. The predicted octanol–water partition coefficient (Wildman–Crippen LogP) is 4.98. The van der Waals surface area contributed by atoms with Crippen LogP contribution in [0.2, 0.25) is 5.02 Å². The molecule has 1 unspecified atom stereocenters. The number of hydrogen-bond acceptors (Lipinski definition) is 4. The standard InChI is InChI=1S/C22H27ClN2O3S/c1-12-9-14(23)6-8-16(12)28-11-18(26)25-21-19(20(24)27)15-7-5-13(22(2,3)4)10-17(15)29-21/h6,8-9,13H,5,7,10-11H2,1-4H3,(H2,24,27)(H,25,26). The van der Waals surface area contributed by atoms with Crippen molar-refractivity contribution < 1.29 is 14.3 Å². The Morgan fingerprint density at radius 3 is 2.69 bits per heavy atom. The van der Waals surface area contributed by atoms with E-state index in [0.717, 1.165) is 35.3 Å². The monoisotopic (exact) mass is 434 g/mol. The third-order valence-corrected chi connectivity index (χ3v) is 6.89. The van der Waals surface area contributed by atoms with Crippen LogP contribution in [0, 0.1) is 18.3 Å². The van der Waals surface area contributed by atoms with Crippen molar-refractivity contribution in [3.05, 3.63) is 44.8 Å². The number of ether oxygens (including phenoxy) is 1. The maximum Gasteiger partial charge on any atom is 0.262 e. The van der Waals surface area contributed by atoms with E-state index in [4.69, 9.17) is 22.1 Å². The first-order chi connectivity index (χ1) is 13.6. The average Bonchev–Trinajstić information content (AvgIpc) is 2.97. The number of thiophene rings is 1. The van der Waals surface area contributed by atoms with Crippen LogP contribution in [-0.2, 0) is 17.6 Å². The molecule has 3 rings (SSSR count). The molecule has 1 aromatic carbocycles. The molecule has 1 heterocycles. The second kappa shape index (κ2) is 8.36. The summed E-state index contributed by atoms with van der Waals surface area (Å²) in [4.78, 5) is 25.7. The van der Waals surface area contributed by atoms with Crippen LogP contribution in [0.25, 0.3) is 0 Å². The molecular weight excluding hydrogens is 408 g/mol. The molecule has 0 aliphatic heterocycles. The summed E-state index contributed by atoms with van der Waals surface area (Å²) in [5.41, 5.74) is 8.14. The molecule has 0 fully saturated rings. The summed E-state index contributed by atoms with van der Waals surface area (Å²) in [5.74, 6) is 0.307. The molecule has 5 nitrogen and oxygen atoms in total. The van der Waals surface area contributed by atoms with Gasteiger partial charge in [-0.2, -0.15) is 0 Å². The molecule has 0 bridgehead atoms. The van der Waals surface area contributed by atoms with E-state index < -0.39 is 5.91 Å². The number of nitrogens with one attached hydrogen (secondary N) is 1. The number of carbonyl (C=O) groups is 2. The molecule has 0 radical (unpaired) electrons. The Balaban J connectivity index is 1.74. The van der Waals surface area contributed by atoms with Crippen LogP contribution < -0.4 is 15.8 Å². The van der Waals surface area contributed by atoms with Gasteiger partial charge in [-0.15, -0.1) is 11.3 Å². The fourth-order valence-corrected chi connectivity index (χ4v) is 5.33. The Hall–Kier alpha value is -2.05. The first-order valence-electron chi connectivity index (χ1n) is 9.69.